The Morgan fingerprint density at radius 3 is 2.35 bits per heavy atom. The number of rotatable bonds is 3. The minimum absolute atomic E-state index is 0.310. The van der Waals surface area contributed by atoms with Gasteiger partial charge in [-0.1, -0.05) is 12.1 Å². The van der Waals surface area contributed by atoms with Crippen LogP contribution in [0.1, 0.15) is 18.2 Å². The maximum Gasteiger partial charge on any atom is 0.182 e. The molecule has 0 aliphatic rings. The van der Waals surface area contributed by atoms with Gasteiger partial charge in [0.2, 0.25) is 0 Å². The predicted molar refractivity (Wildman–Crippen MR) is 91.2 cm³/mol. The molecule has 0 atom stereocenters. The summed E-state index contributed by atoms with van der Waals surface area (Å²) in [6.07, 6.45) is 1.20. The summed E-state index contributed by atoms with van der Waals surface area (Å²) in [6.45, 7) is 6.96. The smallest absolute Gasteiger partial charge is 0.182 e. The van der Waals surface area contributed by atoms with E-state index in [4.69, 9.17) is 0 Å². The van der Waals surface area contributed by atoms with Crippen LogP contribution in [0.3, 0.4) is 0 Å². The van der Waals surface area contributed by atoms with Crippen LogP contribution in [-0.4, -0.2) is 29.4 Å². The molecule has 1 aromatic carbocycles. The SMILES string of the molecule is CCn1nc2nc(-c3ccc(S(C)(=O)=O)cc3)cc(C)c2c1C. The molecule has 2 heterocycles. The van der Waals surface area contributed by atoms with Crippen molar-refractivity contribution < 1.29 is 8.42 Å². The highest BCUT2D eigenvalue weighted by molar-refractivity contribution is 7.90. The molecule has 0 amide bonds. The summed E-state index contributed by atoms with van der Waals surface area (Å²) in [7, 11) is -3.19. The van der Waals surface area contributed by atoms with Crippen LogP contribution in [0.4, 0.5) is 0 Å². The zero-order valence-corrected chi connectivity index (χ0v) is 14.5. The van der Waals surface area contributed by atoms with Crippen molar-refractivity contribution in [3.8, 4) is 11.3 Å². The average Bonchev–Trinajstić information content (AvgIpc) is 2.83. The summed E-state index contributed by atoms with van der Waals surface area (Å²) >= 11 is 0. The van der Waals surface area contributed by atoms with Gasteiger partial charge >= 0.3 is 0 Å². The molecule has 3 rings (SSSR count). The lowest BCUT2D eigenvalue weighted by atomic mass is 10.1. The number of pyridine rings is 1. The number of benzene rings is 1. The first-order valence-corrected chi connectivity index (χ1v) is 9.35. The molecular formula is C17H19N3O2S. The van der Waals surface area contributed by atoms with Gasteiger partial charge in [-0.25, -0.2) is 13.4 Å². The standard InChI is InChI=1S/C17H19N3O2S/c1-5-20-12(3)16-11(2)10-15(18-17(16)19-20)13-6-8-14(9-7-13)23(4,21)22/h6-10H,5H2,1-4H3. The maximum absolute atomic E-state index is 11.6. The lowest BCUT2D eigenvalue weighted by Crippen LogP contribution is -1.98. The summed E-state index contributed by atoms with van der Waals surface area (Å²) < 4.78 is 25.1. The molecule has 2 aromatic heterocycles. The number of aromatic nitrogens is 3. The van der Waals surface area contributed by atoms with Crippen LogP contribution in [0, 0.1) is 13.8 Å². The molecule has 0 unspecified atom stereocenters. The highest BCUT2D eigenvalue weighted by atomic mass is 32.2. The second-order valence-electron chi connectivity index (χ2n) is 5.72. The molecule has 6 heteroatoms. The third-order valence-electron chi connectivity index (χ3n) is 4.04. The Balaban J connectivity index is 2.13. The highest BCUT2D eigenvalue weighted by Crippen LogP contribution is 2.27. The van der Waals surface area contributed by atoms with E-state index in [-0.39, 0.29) is 0 Å². The minimum atomic E-state index is -3.19. The van der Waals surface area contributed by atoms with Gasteiger partial charge in [0.25, 0.3) is 0 Å². The van der Waals surface area contributed by atoms with Gasteiger partial charge in [-0.15, -0.1) is 0 Å². The zero-order chi connectivity index (χ0) is 16.8. The predicted octanol–water partition coefficient (Wildman–Crippen LogP) is 3.14. The van der Waals surface area contributed by atoms with Crippen LogP contribution in [0.5, 0.6) is 0 Å². The Morgan fingerprint density at radius 1 is 1.13 bits per heavy atom. The van der Waals surface area contributed by atoms with E-state index in [1.165, 1.54) is 6.26 Å². The highest BCUT2D eigenvalue weighted by Gasteiger charge is 2.13. The first kappa shape index (κ1) is 15.7. The molecule has 0 bridgehead atoms. The fraction of sp³-hybridized carbons (Fsp3) is 0.294. The zero-order valence-electron chi connectivity index (χ0n) is 13.7. The molecule has 0 radical (unpaired) electrons. The van der Waals surface area contributed by atoms with Crippen LogP contribution in [-0.2, 0) is 16.4 Å². The number of hydrogen-bond donors (Lipinski definition) is 0. The third-order valence-corrected chi connectivity index (χ3v) is 5.17. The van der Waals surface area contributed by atoms with Crippen LogP contribution in [0.15, 0.2) is 35.2 Å². The minimum Gasteiger partial charge on any atom is -0.267 e. The van der Waals surface area contributed by atoms with Gasteiger partial charge in [0.1, 0.15) is 0 Å². The first-order valence-electron chi connectivity index (χ1n) is 7.46. The summed E-state index contributed by atoms with van der Waals surface area (Å²) in [4.78, 5) is 4.96. The number of fused-ring (bicyclic) bond motifs is 1. The lowest BCUT2D eigenvalue weighted by molar-refractivity contribution is 0.602. The summed E-state index contributed by atoms with van der Waals surface area (Å²) in [5, 5.41) is 5.63. The molecule has 5 nitrogen and oxygen atoms in total. The van der Waals surface area contributed by atoms with Crippen molar-refractivity contribution in [2.45, 2.75) is 32.2 Å². The molecule has 0 saturated heterocycles. The van der Waals surface area contributed by atoms with Crippen LogP contribution in [0.25, 0.3) is 22.3 Å². The van der Waals surface area contributed by atoms with Gasteiger partial charge in [-0.2, -0.15) is 5.10 Å². The molecule has 3 aromatic rings. The number of aryl methyl sites for hydroxylation is 3. The third kappa shape index (κ3) is 2.74. The number of sulfone groups is 1. The summed E-state index contributed by atoms with van der Waals surface area (Å²) in [5.74, 6) is 0. The Morgan fingerprint density at radius 2 is 1.78 bits per heavy atom. The quantitative estimate of drug-likeness (QED) is 0.740. The Bertz CT molecular complexity index is 987. The second kappa shape index (κ2) is 5.45. The van der Waals surface area contributed by atoms with E-state index in [1.54, 1.807) is 24.3 Å². The molecule has 0 N–H and O–H groups in total. The lowest BCUT2D eigenvalue weighted by Gasteiger charge is -2.05. The fourth-order valence-corrected chi connectivity index (χ4v) is 3.45. The van der Waals surface area contributed by atoms with Crippen molar-refractivity contribution >= 4 is 20.9 Å². The second-order valence-corrected chi connectivity index (χ2v) is 7.74. The van der Waals surface area contributed by atoms with Crippen molar-refractivity contribution in [2.75, 3.05) is 6.26 Å². The van der Waals surface area contributed by atoms with E-state index < -0.39 is 9.84 Å². The van der Waals surface area contributed by atoms with Gasteiger partial charge in [-0.05, 0) is 44.5 Å². The van der Waals surface area contributed by atoms with E-state index in [9.17, 15) is 8.42 Å². The number of hydrogen-bond acceptors (Lipinski definition) is 4. The van der Waals surface area contributed by atoms with Gasteiger partial charge in [0.05, 0.1) is 10.6 Å². The van der Waals surface area contributed by atoms with E-state index >= 15 is 0 Å². The largest absolute Gasteiger partial charge is 0.267 e. The normalized spacial score (nSPS) is 12.0. The van der Waals surface area contributed by atoms with Crippen LogP contribution in [0.2, 0.25) is 0 Å². The molecule has 0 aliphatic heterocycles. The molecule has 120 valence electrons. The number of nitrogens with zero attached hydrogens (tertiary/aromatic N) is 3. The van der Waals surface area contributed by atoms with Gasteiger partial charge < -0.3 is 0 Å². The van der Waals surface area contributed by atoms with Crippen LogP contribution >= 0.6 is 0 Å². The van der Waals surface area contributed by atoms with E-state index in [2.05, 4.69) is 17.0 Å². The average molecular weight is 329 g/mol. The van der Waals surface area contributed by atoms with Crippen molar-refractivity contribution in [3.05, 3.63) is 41.6 Å². The molecule has 0 spiro atoms. The molecule has 0 saturated carbocycles. The van der Waals surface area contributed by atoms with E-state index in [0.717, 1.165) is 40.1 Å². The van der Waals surface area contributed by atoms with Gasteiger partial charge in [0.15, 0.2) is 15.5 Å². The van der Waals surface area contributed by atoms with Crippen molar-refractivity contribution in [2.24, 2.45) is 0 Å². The van der Waals surface area contributed by atoms with Crippen LogP contribution < -0.4 is 0 Å². The van der Waals surface area contributed by atoms with Crippen molar-refractivity contribution in [3.63, 3.8) is 0 Å². The summed E-state index contributed by atoms with van der Waals surface area (Å²) in [6, 6.07) is 8.82. The maximum atomic E-state index is 11.6. The molecule has 23 heavy (non-hydrogen) atoms. The summed E-state index contributed by atoms with van der Waals surface area (Å²) in [5.41, 5.74) is 4.65. The first-order chi connectivity index (χ1) is 10.8. The van der Waals surface area contributed by atoms with Gasteiger partial charge in [-0.3, -0.25) is 4.68 Å². The Hall–Kier alpha value is -2.21. The van der Waals surface area contributed by atoms with Gasteiger partial charge in [0, 0.05) is 29.4 Å². The van der Waals surface area contributed by atoms with E-state index in [0.29, 0.717) is 4.90 Å². The molecule has 0 fully saturated rings. The Labute approximate surface area is 135 Å². The molecular weight excluding hydrogens is 310 g/mol. The monoisotopic (exact) mass is 329 g/mol. The topological polar surface area (TPSA) is 64.8 Å². The fourth-order valence-electron chi connectivity index (χ4n) is 2.82. The Kier molecular flexibility index (Phi) is 3.72. The van der Waals surface area contributed by atoms with E-state index in [1.807, 2.05) is 24.6 Å². The van der Waals surface area contributed by atoms with Crippen molar-refractivity contribution in [1.82, 2.24) is 14.8 Å². The van der Waals surface area contributed by atoms with Crippen molar-refractivity contribution in [1.29, 1.82) is 0 Å². The molecule has 0 aliphatic carbocycles.